The summed E-state index contributed by atoms with van der Waals surface area (Å²) in [5.74, 6) is -1.93. The topological polar surface area (TPSA) is 78.4 Å². The Balaban J connectivity index is 2.12. The number of hydrogen-bond donors (Lipinski definition) is 3. The molecule has 118 valence electrons. The van der Waals surface area contributed by atoms with Crippen molar-refractivity contribution in [3.8, 4) is 0 Å². The molecule has 0 bridgehead atoms. The van der Waals surface area contributed by atoms with Gasteiger partial charge in [-0.15, -0.1) is 0 Å². The zero-order valence-corrected chi connectivity index (χ0v) is 12.1. The number of nitrogens with one attached hydrogen (secondary N) is 2. The van der Waals surface area contributed by atoms with E-state index in [1.54, 1.807) is 30.3 Å². The molecule has 23 heavy (non-hydrogen) atoms. The molecule has 2 aromatic carbocycles. The standard InChI is InChI=1S/C17H15FN2O3/c18-14-8-6-13(7-9-14)11-19-16(21)15(17(22)20-23)10-12-4-2-1-3-5-12/h1-10,23H,11H2,(H,19,21)(H,20,22)/b15-10-. The molecular formula is C17H15FN2O3. The lowest BCUT2D eigenvalue weighted by Gasteiger charge is -2.08. The predicted octanol–water partition coefficient (Wildman–Crippen LogP) is 2.03. The van der Waals surface area contributed by atoms with Crippen LogP contribution in [0.25, 0.3) is 6.08 Å². The van der Waals surface area contributed by atoms with Gasteiger partial charge >= 0.3 is 0 Å². The van der Waals surface area contributed by atoms with Gasteiger partial charge < -0.3 is 5.32 Å². The van der Waals surface area contributed by atoms with Crippen LogP contribution in [0.1, 0.15) is 11.1 Å². The van der Waals surface area contributed by atoms with Gasteiger partial charge in [0.2, 0.25) is 0 Å². The molecule has 0 saturated carbocycles. The van der Waals surface area contributed by atoms with Gasteiger partial charge in [-0.05, 0) is 29.3 Å². The molecule has 0 aliphatic carbocycles. The molecule has 0 saturated heterocycles. The van der Waals surface area contributed by atoms with Crippen LogP contribution in [0.4, 0.5) is 4.39 Å². The van der Waals surface area contributed by atoms with Crippen molar-refractivity contribution < 1.29 is 19.2 Å². The van der Waals surface area contributed by atoms with Crippen molar-refractivity contribution in [3.63, 3.8) is 0 Å². The summed E-state index contributed by atoms with van der Waals surface area (Å²) >= 11 is 0. The summed E-state index contributed by atoms with van der Waals surface area (Å²) in [6.45, 7) is 0.129. The highest BCUT2D eigenvalue weighted by Crippen LogP contribution is 2.08. The molecule has 0 aromatic heterocycles. The van der Waals surface area contributed by atoms with E-state index in [9.17, 15) is 14.0 Å². The first-order valence-corrected chi connectivity index (χ1v) is 6.84. The Morgan fingerprint density at radius 3 is 2.26 bits per heavy atom. The maximum absolute atomic E-state index is 12.8. The van der Waals surface area contributed by atoms with Crippen molar-refractivity contribution in [2.24, 2.45) is 0 Å². The SMILES string of the molecule is O=C(NO)/C(=C\c1ccccc1)C(=O)NCc1ccc(F)cc1. The number of hydrogen-bond acceptors (Lipinski definition) is 3. The Morgan fingerprint density at radius 1 is 1.00 bits per heavy atom. The van der Waals surface area contributed by atoms with Crippen LogP contribution in [-0.4, -0.2) is 17.0 Å². The van der Waals surface area contributed by atoms with Gasteiger partial charge in [-0.1, -0.05) is 42.5 Å². The van der Waals surface area contributed by atoms with E-state index >= 15 is 0 Å². The van der Waals surface area contributed by atoms with Crippen molar-refractivity contribution in [3.05, 3.63) is 77.1 Å². The smallest absolute Gasteiger partial charge is 0.280 e. The molecular weight excluding hydrogens is 299 g/mol. The molecule has 6 heteroatoms. The number of carbonyl (C=O) groups excluding carboxylic acids is 2. The van der Waals surface area contributed by atoms with Gasteiger partial charge in [0.1, 0.15) is 11.4 Å². The molecule has 0 radical (unpaired) electrons. The minimum absolute atomic E-state index is 0.129. The second-order valence-corrected chi connectivity index (χ2v) is 4.72. The lowest BCUT2D eigenvalue weighted by molar-refractivity contribution is -0.128. The van der Waals surface area contributed by atoms with E-state index in [-0.39, 0.29) is 17.9 Å². The van der Waals surface area contributed by atoms with Crippen LogP contribution < -0.4 is 10.8 Å². The third-order valence-electron chi connectivity index (χ3n) is 3.07. The average Bonchev–Trinajstić information content (AvgIpc) is 2.59. The maximum Gasteiger partial charge on any atom is 0.280 e. The van der Waals surface area contributed by atoms with E-state index in [2.05, 4.69) is 5.32 Å². The molecule has 3 N–H and O–H groups in total. The Labute approximate surface area is 132 Å². The lowest BCUT2D eigenvalue weighted by Crippen LogP contribution is -2.33. The van der Waals surface area contributed by atoms with Crippen molar-refractivity contribution in [2.45, 2.75) is 6.54 Å². The van der Waals surface area contributed by atoms with E-state index in [4.69, 9.17) is 5.21 Å². The predicted molar refractivity (Wildman–Crippen MR) is 82.6 cm³/mol. The van der Waals surface area contributed by atoms with Crippen molar-refractivity contribution >= 4 is 17.9 Å². The Morgan fingerprint density at radius 2 is 1.65 bits per heavy atom. The zero-order valence-electron chi connectivity index (χ0n) is 12.1. The third-order valence-corrected chi connectivity index (χ3v) is 3.07. The summed E-state index contributed by atoms with van der Waals surface area (Å²) in [7, 11) is 0. The lowest BCUT2D eigenvalue weighted by atomic mass is 10.1. The molecule has 0 aliphatic rings. The quantitative estimate of drug-likeness (QED) is 0.260. The van der Waals surface area contributed by atoms with Gasteiger partial charge in [-0.25, -0.2) is 9.87 Å². The second-order valence-electron chi connectivity index (χ2n) is 4.72. The third kappa shape index (κ3) is 4.76. The first-order chi connectivity index (χ1) is 11.1. The van der Waals surface area contributed by atoms with E-state index in [0.717, 1.165) is 0 Å². The summed E-state index contributed by atoms with van der Waals surface area (Å²) in [5, 5.41) is 11.3. The Hall–Kier alpha value is -2.99. The largest absolute Gasteiger partial charge is 0.348 e. The van der Waals surface area contributed by atoms with Crippen molar-refractivity contribution in [1.29, 1.82) is 0 Å². The fourth-order valence-electron chi connectivity index (χ4n) is 1.89. The first-order valence-electron chi connectivity index (χ1n) is 6.84. The van der Waals surface area contributed by atoms with E-state index in [0.29, 0.717) is 11.1 Å². The van der Waals surface area contributed by atoms with Crippen molar-refractivity contribution in [2.75, 3.05) is 0 Å². The number of amides is 2. The average molecular weight is 314 g/mol. The number of hydroxylamine groups is 1. The fraction of sp³-hybridized carbons (Fsp3) is 0.0588. The molecule has 5 nitrogen and oxygen atoms in total. The van der Waals surface area contributed by atoms with E-state index in [1.807, 2.05) is 0 Å². The molecule has 0 fully saturated rings. The van der Waals surface area contributed by atoms with Crippen LogP contribution in [0.3, 0.4) is 0 Å². The van der Waals surface area contributed by atoms with Crippen LogP contribution >= 0.6 is 0 Å². The van der Waals surface area contributed by atoms with Crippen molar-refractivity contribution in [1.82, 2.24) is 10.8 Å². The zero-order chi connectivity index (χ0) is 16.7. The molecule has 0 spiro atoms. The second kappa shape index (κ2) is 7.86. The summed E-state index contributed by atoms with van der Waals surface area (Å²) in [4.78, 5) is 23.8. The molecule has 2 amide bonds. The molecule has 2 aromatic rings. The molecule has 0 atom stereocenters. The van der Waals surface area contributed by atoms with Gasteiger partial charge in [0, 0.05) is 6.54 Å². The van der Waals surface area contributed by atoms with Crippen LogP contribution in [0.2, 0.25) is 0 Å². The minimum Gasteiger partial charge on any atom is -0.348 e. The van der Waals surface area contributed by atoms with E-state index < -0.39 is 11.8 Å². The summed E-state index contributed by atoms with van der Waals surface area (Å²) in [5.41, 5.74) is 2.54. The number of halogens is 1. The maximum atomic E-state index is 12.8. The van der Waals surface area contributed by atoms with E-state index in [1.165, 1.54) is 35.8 Å². The normalized spacial score (nSPS) is 11.0. The highest BCUT2D eigenvalue weighted by molar-refractivity contribution is 6.21. The molecule has 2 rings (SSSR count). The molecule has 0 aliphatic heterocycles. The van der Waals surface area contributed by atoms with Crippen LogP contribution in [0, 0.1) is 5.82 Å². The molecule has 0 unspecified atom stereocenters. The Kier molecular flexibility index (Phi) is 5.60. The van der Waals surface area contributed by atoms with Gasteiger partial charge in [0.15, 0.2) is 0 Å². The highest BCUT2D eigenvalue weighted by atomic mass is 19.1. The first kappa shape index (κ1) is 16.4. The number of benzene rings is 2. The summed E-state index contributed by atoms with van der Waals surface area (Å²) < 4.78 is 12.8. The van der Waals surface area contributed by atoms with Crippen LogP contribution in [-0.2, 0) is 16.1 Å². The van der Waals surface area contributed by atoms with Crippen LogP contribution in [0.5, 0.6) is 0 Å². The highest BCUT2D eigenvalue weighted by Gasteiger charge is 2.17. The monoisotopic (exact) mass is 314 g/mol. The number of rotatable bonds is 5. The van der Waals surface area contributed by atoms with Gasteiger partial charge in [-0.2, -0.15) is 0 Å². The van der Waals surface area contributed by atoms with Crippen LogP contribution in [0.15, 0.2) is 60.2 Å². The van der Waals surface area contributed by atoms with Gasteiger partial charge in [0.25, 0.3) is 11.8 Å². The van der Waals surface area contributed by atoms with Gasteiger partial charge in [-0.3, -0.25) is 14.8 Å². The minimum atomic E-state index is -0.912. The fourth-order valence-corrected chi connectivity index (χ4v) is 1.89. The Bertz CT molecular complexity index is 712. The number of carbonyl (C=O) groups is 2. The summed E-state index contributed by atoms with van der Waals surface area (Å²) in [6.07, 6.45) is 1.37. The molecule has 0 heterocycles. The summed E-state index contributed by atoms with van der Waals surface area (Å²) in [6, 6.07) is 14.4. The van der Waals surface area contributed by atoms with Gasteiger partial charge in [0.05, 0.1) is 0 Å².